The summed E-state index contributed by atoms with van der Waals surface area (Å²) < 4.78 is 42.8. The zero-order chi connectivity index (χ0) is 14.5. The molecule has 0 aromatic carbocycles. The van der Waals surface area contributed by atoms with E-state index in [1.165, 1.54) is 4.90 Å². The molecule has 1 N–H and O–H groups in total. The fraction of sp³-hybridized carbons (Fsp3) is 1.00. The molecule has 0 radical (unpaired) electrons. The summed E-state index contributed by atoms with van der Waals surface area (Å²) in [7, 11) is 0. The SMILES string of the molecule is CC(C)N1CCOC(CN(CCO)CC(F)(F)F)C1. The van der Waals surface area contributed by atoms with Gasteiger partial charge in [-0.05, 0) is 13.8 Å². The second kappa shape index (κ2) is 7.42. The smallest absolute Gasteiger partial charge is 0.395 e. The number of halogens is 3. The van der Waals surface area contributed by atoms with Crippen LogP contribution in [0.5, 0.6) is 0 Å². The number of aliphatic hydroxyl groups excluding tert-OH is 1. The number of alkyl halides is 3. The Hall–Kier alpha value is -0.370. The maximum Gasteiger partial charge on any atom is 0.401 e. The van der Waals surface area contributed by atoms with Gasteiger partial charge in [-0.15, -0.1) is 0 Å². The molecule has 1 heterocycles. The van der Waals surface area contributed by atoms with Crippen LogP contribution in [-0.2, 0) is 4.74 Å². The summed E-state index contributed by atoms with van der Waals surface area (Å²) in [5, 5.41) is 8.84. The van der Waals surface area contributed by atoms with E-state index < -0.39 is 12.7 Å². The second-order valence-electron chi connectivity index (χ2n) is 5.16. The van der Waals surface area contributed by atoms with Crippen LogP contribution in [0.25, 0.3) is 0 Å². The van der Waals surface area contributed by atoms with Gasteiger partial charge in [0.05, 0.1) is 25.9 Å². The third-order valence-electron chi connectivity index (χ3n) is 3.18. The maximum absolute atomic E-state index is 12.4. The van der Waals surface area contributed by atoms with Crippen molar-refractivity contribution in [2.75, 3.05) is 45.9 Å². The van der Waals surface area contributed by atoms with Crippen molar-refractivity contribution in [1.29, 1.82) is 0 Å². The molecule has 1 fully saturated rings. The Balaban J connectivity index is 2.48. The second-order valence-corrected chi connectivity index (χ2v) is 5.16. The lowest BCUT2D eigenvalue weighted by Crippen LogP contribution is -2.51. The highest BCUT2D eigenvalue weighted by atomic mass is 19.4. The van der Waals surface area contributed by atoms with E-state index in [9.17, 15) is 13.2 Å². The molecule has 0 aromatic heterocycles. The standard InChI is InChI=1S/C12H23F3N2O2/c1-10(2)17-4-6-19-11(8-17)7-16(3-5-18)9-12(13,14)15/h10-11,18H,3-9H2,1-2H3. The number of aliphatic hydroxyl groups is 1. The first-order chi connectivity index (χ1) is 8.81. The molecule has 1 rings (SSSR count). The molecule has 1 unspecified atom stereocenters. The van der Waals surface area contributed by atoms with Crippen molar-refractivity contribution in [3.05, 3.63) is 0 Å². The predicted octanol–water partition coefficient (Wildman–Crippen LogP) is 0.952. The summed E-state index contributed by atoms with van der Waals surface area (Å²) in [6, 6.07) is 0.361. The lowest BCUT2D eigenvalue weighted by atomic mass is 10.2. The minimum absolute atomic E-state index is 0.0149. The van der Waals surface area contributed by atoms with Gasteiger partial charge < -0.3 is 9.84 Å². The number of morpholine rings is 1. The van der Waals surface area contributed by atoms with Crippen LogP contribution in [0.1, 0.15) is 13.8 Å². The van der Waals surface area contributed by atoms with Gasteiger partial charge in [0.2, 0.25) is 0 Å². The highest BCUT2D eigenvalue weighted by Gasteiger charge is 2.32. The summed E-state index contributed by atoms with van der Waals surface area (Å²) in [5.41, 5.74) is 0. The fourth-order valence-electron chi connectivity index (χ4n) is 2.24. The van der Waals surface area contributed by atoms with Gasteiger partial charge >= 0.3 is 6.18 Å². The molecule has 0 aromatic rings. The molecule has 1 aliphatic rings. The molecule has 0 bridgehead atoms. The Morgan fingerprint density at radius 3 is 2.63 bits per heavy atom. The molecule has 0 spiro atoms. The van der Waals surface area contributed by atoms with Crippen LogP contribution in [0.2, 0.25) is 0 Å². The molecule has 7 heteroatoms. The molecule has 0 aliphatic carbocycles. The van der Waals surface area contributed by atoms with Crippen molar-refractivity contribution in [2.45, 2.75) is 32.2 Å². The van der Waals surface area contributed by atoms with Crippen LogP contribution in [0.4, 0.5) is 13.2 Å². The Kier molecular flexibility index (Phi) is 6.52. The van der Waals surface area contributed by atoms with Crippen molar-refractivity contribution in [2.24, 2.45) is 0 Å². The molecule has 114 valence electrons. The average molecular weight is 284 g/mol. The van der Waals surface area contributed by atoms with Gasteiger partial charge in [0.25, 0.3) is 0 Å². The first-order valence-corrected chi connectivity index (χ1v) is 6.57. The van der Waals surface area contributed by atoms with Crippen molar-refractivity contribution in [1.82, 2.24) is 9.80 Å². The van der Waals surface area contributed by atoms with Crippen molar-refractivity contribution < 1.29 is 23.0 Å². The van der Waals surface area contributed by atoms with Crippen LogP contribution in [0, 0.1) is 0 Å². The Bertz CT molecular complexity index is 262. The molecule has 19 heavy (non-hydrogen) atoms. The molecule has 1 atom stereocenters. The lowest BCUT2D eigenvalue weighted by Gasteiger charge is -2.37. The Morgan fingerprint density at radius 2 is 2.11 bits per heavy atom. The molecule has 0 saturated carbocycles. The summed E-state index contributed by atoms with van der Waals surface area (Å²) in [4.78, 5) is 3.40. The van der Waals surface area contributed by atoms with E-state index in [-0.39, 0.29) is 25.8 Å². The predicted molar refractivity (Wildman–Crippen MR) is 66.0 cm³/mol. The molecular formula is C12H23F3N2O2. The quantitative estimate of drug-likeness (QED) is 0.788. The minimum atomic E-state index is -4.25. The Morgan fingerprint density at radius 1 is 1.42 bits per heavy atom. The van der Waals surface area contributed by atoms with Gasteiger partial charge in [0.15, 0.2) is 0 Å². The van der Waals surface area contributed by atoms with Crippen LogP contribution in [0.3, 0.4) is 0 Å². The van der Waals surface area contributed by atoms with Crippen molar-refractivity contribution >= 4 is 0 Å². The van der Waals surface area contributed by atoms with Gasteiger partial charge in [-0.2, -0.15) is 13.2 Å². The first-order valence-electron chi connectivity index (χ1n) is 6.57. The maximum atomic E-state index is 12.4. The zero-order valence-electron chi connectivity index (χ0n) is 11.5. The van der Waals surface area contributed by atoms with Crippen LogP contribution >= 0.6 is 0 Å². The molecule has 4 nitrogen and oxygen atoms in total. The third kappa shape index (κ3) is 6.56. The molecule has 1 saturated heterocycles. The van der Waals surface area contributed by atoms with E-state index in [2.05, 4.69) is 18.7 Å². The number of ether oxygens (including phenoxy) is 1. The monoisotopic (exact) mass is 284 g/mol. The number of hydrogen-bond donors (Lipinski definition) is 1. The summed E-state index contributed by atoms with van der Waals surface area (Å²) >= 11 is 0. The normalized spacial score (nSPS) is 22.4. The van der Waals surface area contributed by atoms with Gasteiger partial charge in [0, 0.05) is 32.2 Å². The van der Waals surface area contributed by atoms with E-state index in [0.717, 1.165) is 6.54 Å². The van der Waals surface area contributed by atoms with E-state index in [1.54, 1.807) is 0 Å². The van der Waals surface area contributed by atoms with Crippen LogP contribution in [0.15, 0.2) is 0 Å². The zero-order valence-corrected chi connectivity index (χ0v) is 11.5. The van der Waals surface area contributed by atoms with Gasteiger partial charge in [-0.1, -0.05) is 0 Å². The van der Waals surface area contributed by atoms with Gasteiger partial charge in [-0.25, -0.2) is 0 Å². The van der Waals surface area contributed by atoms with E-state index in [0.29, 0.717) is 19.2 Å². The number of rotatable bonds is 6. The van der Waals surface area contributed by atoms with Gasteiger partial charge in [-0.3, -0.25) is 9.80 Å². The largest absolute Gasteiger partial charge is 0.401 e. The summed E-state index contributed by atoms with van der Waals surface area (Å²) in [6.45, 7) is 5.04. The summed E-state index contributed by atoms with van der Waals surface area (Å²) in [6.07, 6.45) is -4.48. The highest BCUT2D eigenvalue weighted by Crippen LogP contribution is 2.18. The summed E-state index contributed by atoms with van der Waals surface area (Å²) in [5.74, 6) is 0. The molecular weight excluding hydrogens is 261 g/mol. The van der Waals surface area contributed by atoms with E-state index in [1.807, 2.05) is 0 Å². The van der Waals surface area contributed by atoms with E-state index >= 15 is 0 Å². The number of nitrogens with zero attached hydrogens (tertiary/aromatic N) is 2. The van der Waals surface area contributed by atoms with Crippen LogP contribution in [-0.4, -0.2) is 79.2 Å². The average Bonchev–Trinajstić information content (AvgIpc) is 2.27. The minimum Gasteiger partial charge on any atom is -0.395 e. The molecule has 0 amide bonds. The lowest BCUT2D eigenvalue weighted by molar-refractivity contribution is -0.153. The molecule has 1 aliphatic heterocycles. The highest BCUT2D eigenvalue weighted by molar-refractivity contribution is 4.77. The van der Waals surface area contributed by atoms with Gasteiger partial charge in [0.1, 0.15) is 0 Å². The van der Waals surface area contributed by atoms with Crippen molar-refractivity contribution in [3.63, 3.8) is 0 Å². The Labute approximate surface area is 112 Å². The number of hydrogen-bond acceptors (Lipinski definition) is 4. The third-order valence-corrected chi connectivity index (χ3v) is 3.18. The van der Waals surface area contributed by atoms with E-state index in [4.69, 9.17) is 9.84 Å². The van der Waals surface area contributed by atoms with Crippen LogP contribution < -0.4 is 0 Å². The topological polar surface area (TPSA) is 35.9 Å². The first kappa shape index (κ1) is 16.7. The fourth-order valence-corrected chi connectivity index (χ4v) is 2.24. The van der Waals surface area contributed by atoms with Crippen molar-refractivity contribution in [3.8, 4) is 0 Å².